The van der Waals surface area contributed by atoms with Crippen LogP contribution in [0.25, 0.3) is 0 Å². The summed E-state index contributed by atoms with van der Waals surface area (Å²) in [4.78, 5) is 4.29. The van der Waals surface area contributed by atoms with Gasteiger partial charge in [0.1, 0.15) is 5.75 Å². The number of nitrogens with zero attached hydrogens (tertiary/aromatic N) is 1. The van der Waals surface area contributed by atoms with Gasteiger partial charge in [0.15, 0.2) is 0 Å². The second-order valence-electron chi connectivity index (χ2n) is 4.02. The van der Waals surface area contributed by atoms with Crippen LogP contribution in [0.1, 0.15) is 40.0 Å². The van der Waals surface area contributed by atoms with E-state index in [0.29, 0.717) is 31.6 Å². The van der Waals surface area contributed by atoms with E-state index in [-0.39, 0.29) is 0 Å². The van der Waals surface area contributed by atoms with Crippen LogP contribution >= 0.6 is 0 Å². The van der Waals surface area contributed by atoms with E-state index >= 15 is 0 Å². The molecule has 0 unspecified atom stereocenters. The van der Waals surface area contributed by atoms with E-state index in [1.807, 2.05) is 12.1 Å². The summed E-state index contributed by atoms with van der Waals surface area (Å²) in [5, 5.41) is 0. The molecular weight excluding hydrogens is 230 g/mol. The summed E-state index contributed by atoms with van der Waals surface area (Å²) in [5.74, 6) is 1.89. The van der Waals surface area contributed by atoms with Crippen molar-refractivity contribution in [2.75, 3.05) is 19.8 Å². The number of hydrogen-bond donors (Lipinski definition) is 0. The minimum atomic E-state index is 0.566. The molecule has 4 heteroatoms. The van der Waals surface area contributed by atoms with E-state index in [9.17, 15) is 0 Å². The van der Waals surface area contributed by atoms with Gasteiger partial charge in [-0.05, 0) is 19.3 Å². The molecule has 0 aliphatic rings. The normalized spacial score (nSPS) is 10.2. The van der Waals surface area contributed by atoms with Gasteiger partial charge < -0.3 is 14.2 Å². The first-order valence-electron chi connectivity index (χ1n) is 6.70. The molecular formula is C14H23NO3. The second-order valence-corrected chi connectivity index (χ2v) is 4.02. The molecule has 1 heterocycles. The van der Waals surface area contributed by atoms with Gasteiger partial charge in [0.25, 0.3) is 0 Å². The van der Waals surface area contributed by atoms with Crippen LogP contribution in [-0.4, -0.2) is 24.8 Å². The van der Waals surface area contributed by atoms with Gasteiger partial charge in [0.2, 0.25) is 11.8 Å². The van der Waals surface area contributed by atoms with E-state index in [0.717, 1.165) is 25.0 Å². The molecule has 0 fully saturated rings. The van der Waals surface area contributed by atoms with Crippen molar-refractivity contribution in [2.45, 2.75) is 40.0 Å². The Morgan fingerprint density at radius 1 is 0.778 bits per heavy atom. The molecule has 4 nitrogen and oxygen atoms in total. The van der Waals surface area contributed by atoms with Crippen molar-refractivity contribution in [3.05, 3.63) is 12.1 Å². The van der Waals surface area contributed by atoms with Gasteiger partial charge >= 0.3 is 0 Å². The van der Waals surface area contributed by atoms with Crippen LogP contribution in [0.4, 0.5) is 0 Å². The zero-order chi connectivity index (χ0) is 13.2. The lowest BCUT2D eigenvalue weighted by atomic mass is 10.4. The lowest BCUT2D eigenvalue weighted by Gasteiger charge is -2.11. The summed E-state index contributed by atoms with van der Waals surface area (Å²) in [6, 6.07) is 3.62. The number of hydrogen-bond acceptors (Lipinski definition) is 4. The molecule has 0 amide bonds. The van der Waals surface area contributed by atoms with Gasteiger partial charge in [0.05, 0.1) is 19.8 Å². The van der Waals surface area contributed by atoms with Crippen molar-refractivity contribution >= 4 is 0 Å². The summed E-state index contributed by atoms with van der Waals surface area (Å²) in [6.45, 7) is 8.18. The molecule has 0 aliphatic heterocycles. The fraction of sp³-hybridized carbons (Fsp3) is 0.643. The first kappa shape index (κ1) is 14.6. The predicted molar refractivity (Wildman–Crippen MR) is 71.6 cm³/mol. The largest absolute Gasteiger partial charge is 0.493 e. The molecule has 0 saturated carbocycles. The van der Waals surface area contributed by atoms with E-state index < -0.39 is 0 Å². The highest BCUT2D eigenvalue weighted by atomic mass is 16.5. The van der Waals surface area contributed by atoms with Gasteiger partial charge in [0, 0.05) is 12.1 Å². The van der Waals surface area contributed by atoms with Crippen molar-refractivity contribution in [2.24, 2.45) is 0 Å². The molecule has 0 N–H and O–H groups in total. The quantitative estimate of drug-likeness (QED) is 0.676. The molecule has 0 aliphatic carbocycles. The van der Waals surface area contributed by atoms with Crippen LogP contribution in [-0.2, 0) is 0 Å². The summed E-state index contributed by atoms with van der Waals surface area (Å²) < 4.78 is 16.6. The third-order valence-electron chi connectivity index (χ3n) is 2.13. The Morgan fingerprint density at radius 3 is 1.67 bits per heavy atom. The summed E-state index contributed by atoms with van der Waals surface area (Å²) in [5.41, 5.74) is 0. The zero-order valence-electron chi connectivity index (χ0n) is 11.6. The van der Waals surface area contributed by atoms with Crippen LogP contribution in [0.2, 0.25) is 0 Å². The Morgan fingerprint density at radius 2 is 1.22 bits per heavy atom. The maximum atomic E-state index is 5.60. The van der Waals surface area contributed by atoms with Crippen LogP contribution in [0.15, 0.2) is 12.1 Å². The van der Waals surface area contributed by atoms with Gasteiger partial charge in [-0.1, -0.05) is 20.8 Å². The summed E-state index contributed by atoms with van der Waals surface area (Å²) in [6.07, 6.45) is 2.87. The third-order valence-corrected chi connectivity index (χ3v) is 2.13. The van der Waals surface area contributed by atoms with Crippen LogP contribution in [0.3, 0.4) is 0 Å². The molecule has 1 rings (SSSR count). The first-order chi connectivity index (χ1) is 8.80. The SMILES string of the molecule is CCCOc1cc(OCCC)nc(OCCC)c1. The molecule has 0 spiro atoms. The molecule has 0 radical (unpaired) electrons. The highest BCUT2D eigenvalue weighted by molar-refractivity contribution is 5.33. The van der Waals surface area contributed by atoms with Crippen molar-refractivity contribution in [1.29, 1.82) is 0 Å². The molecule has 102 valence electrons. The van der Waals surface area contributed by atoms with Crippen LogP contribution in [0.5, 0.6) is 17.5 Å². The van der Waals surface area contributed by atoms with Gasteiger partial charge in [-0.25, -0.2) is 0 Å². The fourth-order valence-corrected chi connectivity index (χ4v) is 1.32. The predicted octanol–water partition coefficient (Wildman–Crippen LogP) is 3.45. The van der Waals surface area contributed by atoms with Crippen molar-refractivity contribution in [1.82, 2.24) is 4.98 Å². The average Bonchev–Trinajstić information content (AvgIpc) is 2.40. The number of pyridine rings is 1. The Balaban J connectivity index is 2.74. The minimum absolute atomic E-state index is 0.566. The van der Waals surface area contributed by atoms with E-state index in [1.54, 1.807) is 0 Å². The average molecular weight is 253 g/mol. The van der Waals surface area contributed by atoms with Crippen molar-refractivity contribution < 1.29 is 14.2 Å². The fourth-order valence-electron chi connectivity index (χ4n) is 1.32. The van der Waals surface area contributed by atoms with Crippen LogP contribution in [0, 0.1) is 0 Å². The maximum Gasteiger partial charge on any atom is 0.220 e. The molecule has 0 bridgehead atoms. The highest BCUT2D eigenvalue weighted by Crippen LogP contribution is 2.24. The van der Waals surface area contributed by atoms with E-state index in [4.69, 9.17) is 14.2 Å². The van der Waals surface area contributed by atoms with E-state index in [2.05, 4.69) is 25.8 Å². The Hall–Kier alpha value is -1.45. The number of rotatable bonds is 9. The molecule has 0 atom stereocenters. The van der Waals surface area contributed by atoms with Gasteiger partial charge in [-0.15, -0.1) is 0 Å². The maximum absolute atomic E-state index is 5.60. The molecule has 1 aromatic heterocycles. The molecule has 18 heavy (non-hydrogen) atoms. The lowest BCUT2D eigenvalue weighted by Crippen LogP contribution is -2.03. The summed E-state index contributed by atoms with van der Waals surface area (Å²) >= 11 is 0. The lowest BCUT2D eigenvalue weighted by molar-refractivity contribution is 0.269. The molecule has 1 aromatic rings. The minimum Gasteiger partial charge on any atom is -0.493 e. The smallest absolute Gasteiger partial charge is 0.220 e. The third kappa shape index (κ3) is 5.25. The Labute approximate surface area is 109 Å². The number of aromatic nitrogens is 1. The monoisotopic (exact) mass is 253 g/mol. The molecule has 0 aromatic carbocycles. The van der Waals surface area contributed by atoms with Crippen LogP contribution < -0.4 is 14.2 Å². The van der Waals surface area contributed by atoms with Crippen molar-refractivity contribution in [3.8, 4) is 17.5 Å². The Bertz CT molecular complexity index is 277. The Kier molecular flexibility index (Phi) is 6.99. The van der Waals surface area contributed by atoms with Gasteiger partial charge in [-0.2, -0.15) is 4.98 Å². The zero-order valence-corrected chi connectivity index (χ0v) is 11.6. The standard InChI is InChI=1S/C14H23NO3/c1-4-7-16-12-10-13(17-8-5-2)15-14(11-12)18-9-6-3/h10-11H,4-9H2,1-3H3. The van der Waals surface area contributed by atoms with E-state index in [1.165, 1.54) is 0 Å². The van der Waals surface area contributed by atoms with Gasteiger partial charge in [-0.3, -0.25) is 0 Å². The number of ether oxygens (including phenoxy) is 3. The second kappa shape index (κ2) is 8.61. The van der Waals surface area contributed by atoms with Crippen molar-refractivity contribution in [3.63, 3.8) is 0 Å². The first-order valence-corrected chi connectivity index (χ1v) is 6.70. The summed E-state index contributed by atoms with van der Waals surface area (Å²) in [7, 11) is 0. The highest BCUT2D eigenvalue weighted by Gasteiger charge is 2.05. The molecule has 0 saturated heterocycles. The topological polar surface area (TPSA) is 40.6 Å².